The number of rotatable bonds is 8. The maximum absolute atomic E-state index is 12.7. The number of hydrogen-bond donors (Lipinski definition) is 3. The molecule has 0 unspecified atom stereocenters. The van der Waals surface area contributed by atoms with Gasteiger partial charge in [-0.05, 0) is 65.2 Å². The minimum atomic E-state index is -3.80. The van der Waals surface area contributed by atoms with Crippen molar-refractivity contribution in [2.45, 2.75) is 94.0 Å². The lowest BCUT2D eigenvalue weighted by molar-refractivity contribution is -0.119. The van der Waals surface area contributed by atoms with Crippen molar-refractivity contribution >= 4 is 51.1 Å². The summed E-state index contributed by atoms with van der Waals surface area (Å²) in [6.45, 7) is 11.5. The molecule has 1 fully saturated rings. The van der Waals surface area contributed by atoms with E-state index >= 15 is 0 Å². The van der Waals surface area contributed by atoms with Gasteiger partial charge in [0.1, 0.15) is 0 Å². The van der Waals surface area contributed by atoms with E-state index in [4.69, 9.17) is 5.14 Å². The van der Waals surface area contributed by atoms with E-state index in [0.717, 1.165) is 37.7 Å². The Bertz CT molecular complexity index is 1080. The van der Waals surface area contributed by atoms with Gasteiger partial charge in [0.05, 0.1) is 21.7 Å². The highest BCUT2D eigenvalue weighted by Gasteiger charge is 2.38. The van der Waals surface area contributed by atoms with Crippen LogP contribution in [0.4, 0.5) is 0 Å². The minimum absolute atomic E-state index is 0. The van der Waals surface area contributed by atoms with Crippen LogP contribution in [-0.2, 0) is 21.4 Å². The number of hydrogen-bond acceptors (Lipinski definition) is 6. The summed E-state index contributed by atoms with van der Waals surface area (Å²) in [5.74, 6) is 0.232. The molecule has 3 rings (SSSR count). The van der Waals surface area contributed by atoms with Crippen molar-refractivity contribution in [2.24, 2.45) is 5.14 Å². The van der Waals surface area contributed by atoms with Crippen LogP contribution in [0.15, 0.2) is 28.3 Å². The van der Waals surface area contributed by atoms with Crippen molar-refractivity contribution < 1.29 is 13.2 Å². The molecule has 2 heterocycles. The molecule has 4 N–H and O–H groups in total. The van der Waals surface area contributed by atoms with Crippen molar-refractivity contribution in [3.8, 4) is 0 Å². The molecule has 0 radical (unpaired) electrons. The van der Waals surface area contributed by atoms with Crippen molar-refractivity contribution in [3.05, 3.63) is 18.2 Å². The molecule has 8 nitrogen and oxygen atoms in total. The van der Waals surface area contributed by atoms with Gasteiger partial charge in [0.15, 0.2) is 5.16 Å². The number of fused-ring (bicyclic) bond motifs is 1. The van der Waals surface area contributed by atoms with Gasteiger partial charge in [-0.1, -0.05) is 25.1 Å². The SMILES string of the molecule is CCCCn1c(SCC(=O)NC2CC(C)(C)NC(C)(C)C2)nc2cc(S(N)(=O)=O)ccc21.Cl. The van der Waals surface area contributed by atoms with Crippen molar-refractivity contribution in [3.63, 3.8) is 0 Å². The van der Waals surface area contributed by atoms with Gasteiger partial charge in [-0.2, -0.15) is 0 Å². The fraction of sp³-hybridized carbons (Fsp3) is 0.636. The van der Waals surface area contributed by atoms with E-state index in [1.807, 2.05) is 0 Å². The monoisotopic (exact) mass is 517 g/mol. The number of sulfonamides is 1. The number of primary sulfonamides is 1. The van der Waals surface area contributed by atoms with Crippen molar-refractivity contribution in [1.82, 2.24) is 20.2 Å². The zero-order chi connectivity index (χ0) is 23.7. The summed E-state index contributed by atoms with van der Waals surface area (Å²) in [7, 11) is -3.80. The fourth-order valence-corrected chi connectivity index (χ4v) is 6.12. The third-order valence-corrected chi connectivity index (χ3v) is 7.52. The Labute approximate surface area is 207 Å². The second-order valence-electron chi connectivity index (χ2n) is 9.95. The molecule has 1 saturated heterocycles. The van der Waals surface area contributed by atoms with E-state index in [0.29, 0.717) is 10.7 Å². The molecular weight excluding hydrogens is 482 g/mol. The highest BCUT2D eigenvalue weighted by molar-refractivity contribution is 7.99. The Kier molecular flexibility index (Phi) is 8.89. The number of benzene rings is 1. The Morgan fingerprint density at radius 3 is 2.48 bits per heavy atom. The lowest BCUT2D eigenvalue weighted by Crippen LogP contribution is -2.62. The molecule has 186 valence electrons. The van der Waals surface area contributed by atoms with Crippen LogP contribution >= 0.6 is 24.2 Å². The van der Waals surface area contributed by atoms with E-state index in [9.17, 15) is 13.2 Å². The topological polar surface area (TPSA) is 119 Å². The molecule has 0 aliphatic carbocycles. The number of imidazole rings is 1. The second-order valence-corrected chi connectivity index (χ2v) is 12.5. The number of unbranched alkanes of at least 4 members (excludes halogenated alkanes) is 1. The summed E-state index contributed by atoms with van der Waals surface area (Å²) in [6, 6.07) is 4.85. The molecule has 0 atom stereocenters. The van der Waals surface area contributed by atoms with Gasteiger partial charge in [-0.25, -0.2) is 18.5 Å². The average molecular weight is 518 g/mol. The van der Waals surface area contributed by atoms with Gasteiger partial charge in [-0.3, -0.25) is 4.79 Å². The first kappa shape index (κ1) is 27.9. The van der Waals surface area contributed by atoms with Gasteiger partial charge < -0.3 is 15.2 Å². The molecule has 1 aromatic carbocycles. The van der Waals surface area contributed by atoms with Gasteiger partial charge in [0.25, 0.3) is 0 Å². The number of halogens is 1. The summed E-state index contributed by atoms with van der Waals surface area (Å²) in [6.07, 6.45) is 3.72. The normalized spacial score (nSPS) is 18.1. The summed E-state index contributed by atoms with van der Waals surface area (Å²) in [5, 5.41) is 12.8. The predicted octanol–water partition coefficient (Wildman–Crippen LogP) is 3.42. The molecule has 0 saturated carbocycles. The van der Waals surface area contributed by atoms with E-state index in [2.05, 4.69) is 54.8 Å². The van der Waals surface area contributed by atoms with Crippen LogP contribution < -0.4 is 15.8 Å². The predicted molar refractivity (Wildman–Crippen MR) is 136 cm³/mol. The van der Waals surface area contributed by atoms with Crippen LogP contribution in [0.1, 0.15) is 60.3 Å². The van der Waals surface area contributed by atoms with Gasteiger partial charge in [-0.15, -0.1) is 12.4 Å². The minimum Gasteiger partial charge on any atom is -0.353 e. The lowest BCUT2D eigenvalue weighted by atomic mass is 9.79. The Morgan fingerprint density at radius 1 is 1.27 bits per heavy atom. The Hall–Kier alpha value is -1.33. The number of aromatic nitrogens is 2. The zero-order valence-corrected chi connectivity index (χ0v) is 22.4. The van der Waals surface area contributed by atoms with Crippen LogP contribution in [0.3, 0.4) is 0 Å². The zero-order valence-electron chi connectivity index (χ0n) is 20.0. The Morgan fingerprint density at radius 2 is 1.91 bits per heavy atom. The number of nitrogens with one attached hydrogen (secondary N) is 2. The van der Waals surface area contributed by atoms with E-state index < -0.39 is 10.0 Å². The van der Waals surface area contributed by atoms with Crippen molar-refractivity contribution in [2.75, 3.05) is 5.75 Å². The van der Waals surface area contributed by atoms with E-state index in [-0.39, 0.29) is 46.1 Å². The summed E-state index contributed by atoms with van der Waals surface area (Å²) in [5.41, 5.74) is 1.33. The number of thioether (sulfide) groups is 1. The van der Waals surface area contributed by atoms with Crippen LogP contribution in [0.25, 0.3) is 11.0 Å². The van der Waals surface area contributed by atoms with E-state index in [1.54, 1.807) is 6.07 Å². The average Bonchev–Trinajstić information content (AvgIpc) is 2.98. The second kappa shape index (κ2) is 10.5. The molecule has 0 spiro atoms. The van der Waals surface area contributed by atoms with E-state index in [1.165, 1.54) is 23.9 Å². The molecule has 2 aromatic rings. The maximum Gasteiger partial charge on any atom is 0.238 e. The number of carbonyl (C=O) groups is 1. The van der Waals surface area contributed by atoms with Gasteiger partial charge >= 0.3 is 0 Å². The quantitative estimate of drug-likeness (QED) is 0.461. The van der Waals surface area contributed by atoms with Crippen molar-refractivity contribution in [1.29, 1.82) is 0 Å². The number of piperidine rings is 1. The first-order chi connectivity index (χ1) is 14.8. The molecule has 1 aromatic heterocycles. The van der Waals surface area contributed by atoms with Crippen LogP contribution in [0, 0.1) is 0 Å². The van der Waals surface area contributed by atoms with Gasteiger partial charge in [0, 0.05) is 23.7 Å². The standard InChI is InChI=1S/C22H35N5O3S2.ClH/c1-6-7-10-27-18-9-8-16(32(23,29)30)11-17(18)25-20(27)31-14-19(28)24-15-12-21(2,3)26-22(4,5)13-15;/h8-9,11,15,26H,6-7,10,12-14H2,1-5H3,(H,24,28)(H2,23,29,30);1H. The molecule has 1 aliphatic heterocycles. The highest BCUT2D eigenvalue weighted by Crippen LogP contribution is 2.29. The molecular formula is C22H36ClN5O3S2. The first-order valence-electron chi connectivity index (χ1n) is 11.0. The maximum atomic E-state index is 12.7. The molecule has 1 aliphatic rings. The number of nitrogens with zero attached hydrogens (tertiary/aromatic N) is 2. The summed E-state index contributed by atoms with van der Waals surface area (Å²) >= 11 is 1.38. The van der Waals surface area contributed by atoms with Crippen LogP contribution in [-0.4, -0.2) is 46.7 Å². The molecule has 0 bridgehead atoms. The van der Waals surface area contributed by atoms with Gasteiger partial charge in [0.2, 0.25) is 15.9 Å². The first-order valence-corrected chi connectivity index (χ1v) is 13.6. The smallest absolute Gasteiger partial charge is 0.238 e. The molecule has 33 heavy (non-hydrogen) atoms. The number of carbonyl (C=O) groups excluding carboxylic acids is 1. The number of aryl methyl sites for hydroxylation is 1. The largest absolute Gasteiger partial charge is 0.353 e. The summed E-state index contributed by atoms with van der Waals surface area (Å²) < 4.78 is 25.5. The number of nitrogens with two attached hydrogens (primary N) is 1. The lowest BCUT2D eigenvalue weighted by Gasteiger charge is -2.46. The highest BCUT2D eigenvalue weighted by atomic mass is 35.5. The van der Waals surface area contributed by atoms with Crippen LogP contribution in [0.2, 0.25) is 0 Å². The summed E-state index contributed by atoms with van der Waals surface area (Å²) in [4.78, 5) is 17.4. The Balaban J connectivity index is 0.00000385. The molecule has 1 amide bonds. The third-order valence-electron chi connectivity index (χ3n) is 5.64. The molecule has 11 heteroatoms. The van der Waals surface area contributed by atoms with Crippen LogP contribution in [0.5, 0.6) is 0 Å². The fourth-order valence-electron chi connectivity index (χ4n) is 4.73. The third kappa shape index (κ3) is 7.32. The number of amides is 1.